The molecule has 1 aromatic rings. The summed E-state index contributed by atoms with van der Waals surface area (Å²) in [6.07, 6.45) is 3.79. The zero-order valence-corrected chi connectivity index (χ0v) is 6.21. The number of furan rings is 1. The van der Waals surface area contributed by atoms with Gasteiger partial charge in [0.2, 0.25) is 0 Å². The molecule has 0 aromatic carbocycles. The van der Waals surface area contributed by atoms with Crippen LogP contribution in [0, 0.1) is 0 Å². The number of aliphatic hydroxyl groups is 1. The van der Waals surface area contributed by atoms with Crippen LogP contribution in [0.25, 0.3) is 0 Å². The van der Waals surface area contributed by atoms with Gasteiger partial charge in [0.1, 0.15) is 18.6 Å². The molecule has 0 spiro atoms. The summed E-state index contributed by atoms with van der Waals surface area (Å²) in [5.74, 6) is 0.530. The van der Waals surface area contributed by atoms with E-state index in [1.807, 2.05) is 0 Å². The third-order valence-corrected chi connectivity index (χ3v) is 1.51. The lowest BCUT2D eigenvalue weighted by Gasteiger charge is -1.95. The van der Waals surface area contributed by atoms with Gasteiger partial charge in [-0.1, -0.05) is 6.08 Å². The third kappa shape index (κ3) is 1.43. The first-order chi connectivity index (χ1) is 5.29. The van der Waals surface area contributed by atoms with E-state index in [0.29, 0.717) is 17.9 Å². The van der Waals surface area contributed by atoms with Crippen LogP contribution in [0.4, 0.5) is 5.69 Å². The Kier molecular flexibility index (Phi) is 2.33. The SMILES string of the molecule is C=CCc1c(N)coc1CO. The molecule has 0 aliphatic carbocycles. The molecule has 0 bridgehead atoms. The van der Waals surface area contributed by atoms with Crippen molar-refractivity contribution in [1.29, 1.82) is 0 Å². The summed E-state index contributed by atoms with van der Waals surface area (Å²) in [7, 11) is 0. The van der Waals surface area contributed by atoms with Crippen LogP contribution in [0.2, 0.25) is 0 Å². The van der Waals surface area contributed by atoms with Crippen molar-refractivity contribution < 1.29 is 9.52 Å². The van der Waals surface area contributed by atoms with Gasteiger partial charge in [0.25, 0.3) is 0 Å². The number of hydrogen-bond donors (Lipinski definition) is 2. The molecule has 0 atom stereocenters. The fraction of sp³-hybridized carbons (Fsp3) is 0.250. The van der Waals surface area contributed by atoms with Gasteiger partial charge in [-0.2, -0.15) is 0 Å². The van der Waals surface area contributed by atoms with E-state index in [2.05, 4.69) is 6.58 Å². The molecule has 0 radical (unpaired) electrons. The van der Waals surface area contributed by atoms with Gasteiger partial charge in [0, 0.05) is 5.56 Å². The van der Waals surface area contributed by atoms with E-state index in [1.54, 1.807) is 6.08 Å². The zero-order chi connectivity index (χ0) is 8.27. The first kappa shape index (κ1) is 7.88. The highest BCUT2D eigenvalue weighted by Crippen LogP contribution is 2.20. The second-order valence-electron chi connectivity index (χ2n) is 2.24. The summed E-state index contributed by atoms with van der Waals surface area (Å²) >= 11 is 0. The van der Waals surface area contributed by atoms with E-state index in [0.717, 1.165) is 5.56 Å². The third-order valence-electron chi connectivity index (χ3n) is 1.51. The van der Waals surface area contributed by atoms with Gasteiger partial charge in [-0.05, 0) is 6.42 Å². The number of aliphatic hydroxyl groups excluding tert-OH is 1. The number of nitrogens with two attached hydrogens (primary N) is 1. The average Bonchev–Trinajstić information content (AvgIpc) is 2.34. The Hall–Kier alpha value is -1.22. The Morgan fingerprint density at radius 1 is 1.73 bits per heavy atom. The van der Waals surface area contributed by atoms with Crippen LogP contribution in [-0.4, -0.2) is 5.11 Å². The van der Waals surface area contributed by atoms with Gasteiger partial charge in [-0.25, -0.2) is 0 Å². The Labute approximate surface area is 65.1 Å². The second kappa shape index (κ2) is 3.25. The van der Waals surface area contributed by atoms with Crippen molar-refractivity contribution in [1.82, 2.24) is 0 Å². The van der Waals surface area contributed by atoms with E-state index < -0.39 is 0 Å². The highest BCUT2D eigenvalue weighted by atomic mass is 16.4. The van der Waals surface area contributed by atoms with Crippen molar-refractivity contribution in [2.75, 3.05) is 5.73 Å². The van der Waals surface area contributed by atoms with Crippen LogP contribution in [0.1, 0.15) is 11.3 Å². The summed E-state index contributed by atoms with van der Waals surface area (Å²) in [6, 6.07) is 0. The minimum absolute atomic E-state index is 0.111. The Balaban J connectivity index is 2.96. The van der Waals surface area contributed by atoms with Gasteiger partial charge in [0.05, 0.1) is 5.69 Å². The Morgan fingerprint density at radius 3 is 3.00 bits per heavy atom. The average molecular weight is 153 g/mol. The largest absolute Gasteiger partial charge is 0.464 e. The molecule has 0 amide bonds. The fourth-order valence-corrected chi connectivity index (χ4v) is 0.947. The van der Waals surface area contributed by atoms with Gasteiger partial charge >= 0.3 is 0 Å². The predicted octanol–water partition coefficient (Wildman–Crippen LogP) is 1.08. The van der Waals surface area contributed by atoms with Crippen molar-refractivity contribution >= 4 is 5.69 Å². The van der Waals surface area contributed by atoms with Gasteiger partial charge in [-0.3, -0.25) is 0 Å². The number of anilines is 1. The maximum absolute atomic E-state index is 8.77. The second-order valence-corrected chi connectivity index (χ2v) is 2.24. The lowest BCUT2D eigenvalue weighted by Crippen LogP contribution is -1.92. The van der Waals surface area contributed by atoms with Crippen molar-refractivity contribution in [3.8, 4) is 0 Å². The molecule has 1 heterocycles. The molecular formula is C8H11NO2. The minimum Gasteiger partial charge on any atom is -0.464 e. The molecule has 0 aliphatic rings. The van der Waals surface area contributed by atoms with Crippen LogP contribution in [-0.2, 0) is 13.0 Å². The van der Waals surface area contributed by atoms with Gasteiger partial charge < -0.3 is 15.3 Å². The van der Waals surface area contributed by atoms with Crippen molar-refractivity contribution in [2.24, 2.45) is 0 Å². The van der Waals surface area contributed by atoms with Crippen molar-refractivity contribution in [3.05, 3.63) is 30.2 Å². The van der Waals surface area contributed by atoms with Crippen molar-refractivity contribution in [2.45, 2.75) is 13.0 Å². The van der Waals surface area contributed by atoms with E-state index in [1.165, 1.54) is 6.26 Å². The molecule has 0 saturated heterocycles. The molecule has 0 aliphatic heterocycles. The number of rotatable bonds is 3. The highest BCUT2D eigenvalue weighted by Gasteiger charge is 2.07. The van der Waals surface area contributed by atoms with Gasteiger partial charge in [0.15, 0.2) is 0 Å². The lowest BCUT2D eigenvalue weighted by molar-refractivity contribution is 0.246. The smallest absolute Gasteiger partial charge is 0.134 e. The molecule has 3 heteroatoms. The first-order valence-electron chi connectivity index (χ1n) is 3.36. The van der Waals surface area contributed by atoms with Crippen LogP contribution < -0.4 is 5.73 Å². The molecule has 0 unspecified atom stereocenters. The van der Waals surface area contributed by atoms with E-state index in [4.69, 9.17) is 15.3 Å². The summed E-state index contributed by atoms with van der Waals surface area (Å²) in [5, 5.41) is 8.77. The number of allylic oxidation sites excluding steroid dienone is 1. The standard InChI is InChI=1S/C8H11NO2/c1-2-3-6-7(9)5-11-8(6)4-10/h2,5,10H,1,3-4,9H2. The molecule has 1 rings (SSSR count). The van der Waals surface area contributed by atoms with Gasteiger partial charge in [-0.15, -0.1) is 6.58 Å². The summed E-state index contributed by atoms with van der Waals surface area (Å²) < 4.78 is 4.97. The topological polar surface area (TPSA) is 59.4 Å². The summed E-state index contributed by atoms with van der Waals surface area (Å²) in [6.45, 7) is 3.46. The normalized spacial score (nSPS) is 9.91. The maximum atomic E-state index is 8.77. The summed E-state index contributed by atoms with van der Waals surface area (Å²) in [5.41, 5.74) is 6.96. The summed E-state index contributed by atoms with van der Waals surface area (Å²) in [4.78, 5) is 0. The first-order valence-corrected chi connectivity index (χ1v) is 3.36. The lowest BCUT2D eigenvalue weighted by atomic mass is 10.1. The maximum Gasteiger partial charge on any atom is 0.134 e. The van der Waals surface area contributed by atoms with Crippen LogP contribution in [0.15, 0.2) is 23.3 Å². The minimum atomic E-state index is -0.111. The molecule has 3 nitrogen and oxygen atoms in total. The quantitative estimate of drug-likeness (QED) is 0.639. The highest BCUT2D eigenvalue weighted by molar-refractivity contribution is 5.47. The van der Waals surface area contributed by atoms with Crippen molar-refractivity contribution in [3.63, 3.8) is 0 Å². The molecule has 0 fully saturated rings. The van der Waals surface area contributed by atoms with E-state index in [-0.39, 0.29) is 6.61 Å². The molecule has 3 N–H and O–H groups in total. The molecular weight excluding hydrogens is 142 g/mol. The molecule has 60 valence electrons. The van der Waals surface area contributed by atoms with Crippen LogP contribution >= 0.6 is 0 Å². The monoisotopic (exact) mass is 153 g/mol. The fourth-order valence-electron chi connectivity index (χ4n) is 0.947. The Morgan fingerprint density at radius 2 is 2.45 bits per heavy atom. The van der Waals surface area contributed by atoms with E-state index >= 15 is 0 Å². The molecule has 11 heavy (non-hydrogen) atoms. The predicted molar refractivity (Wildman–Crippen MR) is 42.9 cm³/mol. The number of nitrogen functional groups attached to an aromatic ring is 1. The number of hydrogen-bond acceptors (Lipinski definition) is 3. The molecule has 1 aromatic heterocycles. The van der Waals surface area contributed by atoms with Crippen LogP contribution in [0.5, 0.6) is 0 Å². The molecule has 0 saturated carbocycles. The van der Waals surface area contributed by atoms with E-state index in [9.17, 15) is 0 Å². The Bertz CT molecular complexity index is 253. The van der Waals surface area contributed by atoms with Crippen LogP contribution in [0.3, 0.4) is 0 Å². The zero-order valence-electron chi connectivity index (χ0n) is 6.21.